The molecule has 9 aromatic carbocycles. The van der Waals surface area contributed by atoms with E-state index >= 15 is 0 Å². The van der Waals surface area contributed by atoms with E-state index in [9.17, 15) is 0 Å². The summed E-state index contributed by atoms with van der Waals surface area (Å²) in [4.78, 5) is 2.46. The van der Waals surface area contributed by atoms with E-state index in [-0.39, 0.29) is 0 Å². The molecule has 0 amide bonds. The lowest BCUT2D eigenvalue weighted by Gasteiger charge is -2.33. The molecule has 0 N–H and O–H groups in total. The van der Waals surface area contributed by atoms with Crippen molar-refractivity contribution < 1.29 is 4.42 Å². The standard InChI is InChI=1S/C53H33NO/c1-2-15-35-32-36(29-28-34(35)14-1)54(49-25-11-6-19-42(49)43-21-13-27-51-52(43)44-20-7-12-26-50(44)55-51)37-30-31-41-40-18-5-10-24-47(40)53(48(41)33-37)45-22-8-3-16-38(45)39-17-4-9-23-46(39)53/h1-33H. The van der Waals surface area contributed by atoms with Gasteiger partial charge in [-0.25, -0.2) is 0 Å². The molecule has 10 aromatic rings. The van der Waals surface area contributed by atoms with Gasteiger partial charge in [0.25, 0.3) is 0 Å². The zero-order valence-electron chi connectivity index (χ0n) is 29.9. The van der Waals surface area contributed by atoms with Crippen molar-refractivity contribution >= 4 is 49.8 Å². The number of fused-ring (bicyclic) bond motifs is 14. The highest BCUT2D eigenvalue weighted by Gasteiger charge is 2.51. The maximum absolute atomic E-state index is 6.41. The van der Waals surface area contributed by atoms with Crippen molar-refractivity contribution in [2.45, 2.75) is 5.41 Å². The Morgan fingerprint density at radius 3 is 1.62 bits per heavy atom. The fourth-order valence-corrected chi connectivity index (χ4v) is 9.86. The van der Waals surface area contributed by atoms with Crippen LogP contribution in [-0.4, -0.2) is 0 Å². The van der Waals surface area contributed by atoms with Crippen LogP contribution in [0.2, 0.25) is 0 Å². The summed E-state index contributed by atoms with van der Waals surface area (Å²) in [6.45, 7) is 0. The first-order valence-electron chi connectivity index (χ1n) is 19.0. The second-order valence-corrected chi connectivity index (χ2v) is 14.8. The van der Waals surface area contributed by atoms with Crippen LogP contribution in [0.3, 0.4) is 0 Å². The molecule has 2 nitrogen and oxygen atoms in total. The summed E-state index contributed by atoms with van der Waals surface area (Å²) < 4.78 is 6.41. The summed E-state index contributed by atoms with van der Waals surface area (Å²) in [7, 11) is 0. The number of benzene rings is 9. The minimum Gasteiger partial charge on any atom is -0.456 e. The predicted molar refractivity (Wildman–Crippen MR) is 228 cm³/mol. The van der Waals surface area contributed by atoms with Crippen LogP contribution in [0.15, 0.2) is 205 Å². The van der Waals surface area contributed by atoms with Crippen LogP contribution in [0.1, 0.15) is 22.3 Å². The number of furan rings is 1. The first kappa shape index (κ1) is 30.3. The van der Waals surface area contributed by atoms with Crippen LogP contribution in [0, 0.1) is 0 Å². The van der Waals surface area contributed by atoms with E-state index in [4.69, 9.17) is 4.42 Å². The van der Waals surface area contributed by atoms with Gasteiger partial charge in [-0.1, -0.05) is 158 Å². The molecule has 2 aliphatic carbocycles. The van der Waals surface area contributed by atoms with Gasteiger partial charge in [-0.05, 0) is 103 Å². The smallest absolute Gasteiger partial charge is 0.136 e. The lowest BCUT2D eigenvalue weighted by molar-refractivity contribution is 0.669. The van der Waals surface area contributed by atoms with Crippen molar-refractivity contribution in [2.24, 2.45) is 0 Å². The Balaban J connectivity index is 1.16. The second kappa shape index (κ2) is 11.4. The third-order valence-corrected chi connectivity index (χ3v) is 12.1. The van der Waals surface area contributed by atoms with Gasteiger partial charge in [0.15, 0.2) is 0 Å². The van der Waals surface area contributed by atoms with E-state index < -0.39 is 5.41 Å². The fourth-order valence-electron chi connectivity index (χ4n) is 9.86. The molecule has 0 fully saturated rings. The summed E-state index contributed by atoms with van der Waals surface area (Å²) in [6, 6.07) is 73.4. The Hall–Kier alpha value is -7.16. The van der Waals surface area contributed by atoms with Crippen molar-refractivity contribution in [3.63, 3.8) is 0 Å². The average molecular weight is 700 g/mol. The highest BCUT2D eigenvalue weighted by molar-refractivity contribution is 6.14. The van der Waals surface area contributed by atoms with Crippen molar-refractivity contribution in [3.05, 3.63) is 222 Å². The Bertz CT molecular complexity index is 3120. The van der Waals surface area contributed by atoms with Gasteiger partial charge in [-0.15, -0.1) is 0 Å². The SMILES string of the molecule is c1ccc(N(c2ccc3c(c2)C2(c4ccccc4-c4ccccc42)c2ccccc2-3)c2ccc3ccccc3c2)c(-c2cccc3oc4ccccc4c23)c1. The molecule has 0 saturated heterocycles. The van der Waals surface area contributed by atoms with Crippen LogP contribution in [0.25, 0.3) is 66.1 Å². The number of nitrogens with zero attached hydrogens (tertiary/aromatic N) is 1. The lowest BCUT2D eigenvalue weighted by Crippen LogP contribution is -2.26. The summed E-state index contributed by atoms with van der Waals surface area (Å²) in [5.41, 5.74) is 17.5. The van der Waals surface area contributed by atoms with E-state index in [0.717, 1.165) is 50.1 Å². The molecule has 0 aliphatic heterocycles. The number of hydrogen-bond acceptors (Lipinski definition) is 2. The largest absolute Gasteiger partial charge is 0.456 e. The van der Waals surface area contributed by atoms with Gasteiger partial charge in [-0.2, -0.15) is 0 Å². The normalized spacial score (nSPS) is 13.2. The molecule has 0 atom stereocenters. The molecule has 2 heteroatoms. The van der Waals surface area contributed by atoms with Gasteiger partial charge in [0.05, 0.1) is 11.1 Å². The second-order valence-electron chi connectivity index (χ2n) is 14.8. The molecule has 2 aliphatic rings. The van der Waals surface area contributed by atoms with Crippen LogP contribution >= 0.6 is 0 Å². The fraction of sp³-hybridized carbons (Fsp3) is 0.0189. The van der Waals surface area contributed by atoms with Crippen LogP contribution < -0.4 is 4.90 Å². The topological polar surface area (TPSA) is 16.4 Å². The zero-order chi connectivity index (χ0) is 36.1. The minimum atomic E-state index is -0.439. The van der Waals surface area contributed by atoms with Gasteiger partial charge in [-0.3, -0.25) is 0 Å². The summed E-state index contributed by atoms with van der Waals surface area (Å²) in [5.74, 6) is 0. The molecule has 1 aromatic heterocycles. The summed E-state index contributed by atoms with van der Waals surface area (Å²) >= 11 is 0. The molecular formula is C53H33NO. The highest BCUT2D eigenvalue weighted by Crippen LogP contribution is 2.63. The first-order valence-corrected chi connectivity index (χ1v) is 19.0. The third kappa shape index (κ3) is 4.14. The molecule has 12 rings (SSSR count). The van der Waals surface area contributed by atoms with E-state index in [2.05, 4.69) is 199 Å². The van der Waals surface area contributed by atoms with Crippen molar-refractivity contribution in [3.8, 4) is 33.4 Å². The predicted octanol–water partition coefficient (Wildman–Crippen LogP) is 14.2. The molecule has 1 heterocycles. The summed E-state index contributed by atoms with van der Waals surface area (Å²) in [6.07, 6.45) is 0. The molecular weight excluding hydrogens is 667 g/mol. The Labute approximate surface area is 319 Å². The lowest BCUT2D eigenvalue weighted by atomic mass is 9.70. The Kier molecular flexibility index (Phi) is 6.29. The monoisotopic (exact) mass is 699 g/mol. The van der Waals surface area contributed by atoms with Crippen LogP contribution in [0.5, 0.6) is 0 Å². The van der Waals surface area contributed by atoms with E-state index in [1.807, 2.05) is 6.07 Å². The van der Waals surface area contributed by atoms with E-state index in [1.54, 1.807) is 0 Å². The van der Waals surface area contributed by atoms with Gasteiger partial charge in [0.1, 0.15) is 11.2 Å². The molecule has 0 unspecified atom stereocenters. The van der Waals surface area contributed by atoms with Gasteiger partial charge in [0, 0.05) is 27.7 Å². The number of anilines is 3. The Morgan fingerprint density at radius 2 is 0.873 bits per heavy atom. The van der Waals surface area contributed by atoms with Gasteiger partial charge in [0.2, 0.25) is 0 Å². The number of para-hydroxylation sites is 2. The average Bonchev–Trinajstić information content (AvgIpc) is 3.88. The molecule has 1 spiro atoms. The van der Waals surface area contributed by atoms with Crippen molar-refractivity contribution in [1.29, 1.82) is 0 Å². The molecule has 256 valence electrons. The maximum atomic E-state index is 6.41. The quantitative estimate of drug-likeness (QED) is 0.182. The summed E-state index contributed by atoms with van der Waals surface area (Å²) in [5, 5.41) is 4.67. The van der Waals surface area contributed by atoms with Crippen LogP contribution in [-0.2, 0) is 5.41 Å². The van der Waals surface area contributed by atoms with Gasteiger partial charge >= 0.3 is 0 Å². The zero-order valence-corrected chi connectivity index (χ0v) is 29.9. The first-order chi connectivity index (χ1) is 27.3. The highest BCUT2D eigenvalue weighted by atomic mass is 16.3. The minimum absolute atomic E-state index is 0.439. The van der Waals surface area contributed by atoms with Crippen molar-refractivity contribution in [1.82, 2.24) is 0 Å². The van der Waals surface area contributed by atoms with Crippen molar-refractivity contribution in [2.75, 3.05) is 4.90 Å². The van der Waals surface area contributed by atoms with E-state index in [1.165, 1.54) is 55.3 Å². The Morgan fingerprint density at radius 1 is 0.345 bits per heavy atom. The molecule has 55 heavy (non-hydrogen) atoms. The third-order valence-electron chi connectivity index (χ3n) is 12.1. The van der Waals surface area contributed by atoms with Gasteiger partial charge < -0.3 is 9.32 Å². The van der Waals surface area contributed by atoms with Crippen LogP contribution in [0.4, 0.5) is 17.1 Å². The number of rotatable bonds is 4. The van der Waals surface area contributed by atoms with E-state index in [0.29, 0.717) is 0 Å². The molecule has 0 radical (unpaired) electrons. The molecule has 0 bridgehead atoms. The molecule has 0 saturated carbocycles. The maximum Gasteiger partial charge on any atom is 0.136 e. The number of hydrogen-bond donors (Lipinski definition) is 0.